The third-order valence-corrected chi connectivity index (χ3v) is 3.87. The average molecular weight is 302 g/mol. The van der Waals surface area contributed by atoms with Crippen molar-refractivity contribution in [3.63, 3.8) is 0 Å². The summed E-state index contributed by atoms with van der Waals surface area (Å²) >= 11 is 1.36. The van der Waals surface area contributed by atoms with E-state index in [-0.39, 0.29) is 11.8 Å². The molecule has 0 saturated carbocycles. The maximum Gasteiger partial charge on any atom is 0.262 e. The van der Waals surface area contributed by atoms with Crippen molar-refractivity contribution in [2.24, 2.45) is 0 Å². The molecule has 0 radical (unpaired) electrons. The Bertz CT molecular complexity index is 582. The molecule has 0 spiro atoms. The lowest BCUT2D eigenvalue weighted by atomic mass is 10.1. The van der Waals surface area contributed by atoms with Crippen molar-refractivity contribution in [2.75, 3.05) is 6.54 Å². The molecule has 0 saturated heterocycles. The molecular formula is C16H18N2O2S. The first-order chi connectivity index (χ1) is 10.2. The minimum atomic E-state index is -0.568. The second kappa shape index (κ2) is 7.59. The summed E-state index contributed by atoms with van der Waals surface area (Å²) in [5, 5.41) is 7.42. The van der Waals surface area contributed by atoms with Gasteiger partial charge in [-0.2, -0.15) is 0 Å². The van der Waals surface area contributed by atoms with E-state index in [2.05, 4.69) is 10.6 Å². The van der Waals surface area contributed by atoms with Gasteiger partial charge in [0, 0.05) is 13.0 Å². The zero-order chi connectivity index (χ0) is 15.1. The number of benzene rings is 1. The molecule has 2 amide bonds. The van der Waals surface area contributed by atoms with Crippen LogP contribution in [0.5, 0.6) is 0 Å². The van der Waals surface area contributed by atoms with Crippen molar-refractivity contribution in [1.29, 1.82) is 0 Å². The zero-order valence-electron chi connectivity index (χ0n) is 11.8. The number of rotatable bonds is 6. The van der Waals surface area contributed by atoms with Gasteiger partial charge in [0.1, 0.15) is 6.04 Å². The first-order valence-corrected chi connectivity index (χ1v) is 7.74. The summed E-state index contributed by atoms with van der Waals surface area (Å²) in [5.74, 6) is -0.372. The monoisotopic (exact) mass is 302 g/mol. The Morgan fingerprint density at radius 2 is 1.90 bits per heavy atom. The normalized spacial score (nSPS) is 11.7. The number of likely N-dealkylation sites (N-methyl/N-ethyl adjacent to an activating group) is 1. The molecule has 1 aromatic heterocycles. The highest BCUT2D eigenvalue weighted by atomic mass is 32.1. The van der Waals surface area contributed by atoms with Crippen LogP contribution in [-0.4, -0.2) is 24.4 Å². The van der Waals surface area contributed by atoms with E-state index in [1.807, 2.05) is 48.7 Å². The fraction of sp³-hybridized carbons (Fsp3) is 0.250. The lowest BCUT2D eigenvalue weighted by Crippen LogP contribution is -2.47. The predicted molar refractivity (Wildman–Crippen MR) is 84.4 cm³/mol. The molecule has 4 nitrogen and oxygen atoms in total. The van der Waals surface area contributed by atoms with Crippen molar-refractivity contribution in [3.05, 3.63) is 58.3 Å². The van der Waals surface area contributed by atoms with Gasteiger partial charge in [-0.3, -0.25) is 9.59 Å². The van der Waals surface area contributed by atoms with E-state index >= 15 is 0 Å². The molecule has 0 aliphatic heterocycles. The molecule has 2 N–H and O–H groups in total. The van der Waals surface area contributed by atoms with Crippen molar-refractivity contribution in [3.8, 4) is 0 Å². The highest BCUT2D eigenvalue weighted by Crippen LogP contribution is 2.10. The van der Waals surface area contributed by atoms with Gasteiger partial charge in [0.2, 0.25) is 5.91 Å². The first kappa shape index (κ1) is 15.3. The van der Waals surface area contributed by atoms with E-state index in [9.17, 15) is 9.59 Å². The van der Waals surface area contributed by atoms with Gasteiger partial charge in [0.05, 0.1) is 4.88 Å². The number of carbonyl (C=O) groups excluding carboxylic acids is 2. The van der Waals surface area contributed by atoms with E-state index in [0.29, 0.717) is 17.8 Å². The molecule has 1 atom stereocenters. The molecule has 0 aliphatic rings. The van der Waals surface area contributed by atoms with Gasteiger partial charge in [0.25, 0.3) is 5.91 Å². The van der Waals surface area contributed by atoms with Crippen LogP contribution in [-0.2, 0) is 11.2 Å². The van der Waals surface area contributed by atoms with Crippen molar-refractivity contribution in [1.82, 2.24) is 10.6 Å². The average Bonchev–Trinajstić information content (AvgIpc) is 3.02. The molecule has 2 aromatic rings. The molecule has 2 rings (SSSR count). The van der Waals surface area contributed by atoms with Gasteiger partial charge in [0.15, 0.2) is 0 Å². The lowest BCUT2D eigenvalue weighted by molar-refractivity contribution is -0.122. The van der Waals surface area contributed by atoms with Gasteiger partial charge in [-0.05, 0) is 23.9 Å². The van der Waals surface area contributed by atoms with E-state index in [0.717, 1.165) is 5.56 Å². The number of thiophene rings is 1. The molecule has 1 heterocycles. The highest BCUT2D eigenvalue weighted by Gasteiger charge is 2.21. The van der Waals surface area contributed by atoms with Crippen LogP contribution in [0.2, 0.25) is 0 Å². The molecule has 0 aliphatic carbocycles. The maximum absolute atomic E-state index is 12.1. The van der Waals surface area contributed by atoms with E-state index in [1.54, 1.807) is 6.07 Å². The van der Waals surface area contributed by atoms with Gasteiger partial charge in [-0.25, -0.2) is 0 Å². The third kappa shape index (κ3) is 4.43. The van der Waals surface area contributed by atoms with Crippen LogP contribution in [0.3, 0.4) is 0 Å². The van der Waals surface area contributed by atoms with Gasteiger partial charge >= 0.3 is 0 Å². The van der Waals surface area contributed by atoms with Crippen LogP contribution in [0.1, 0.15) is 22.2 Å². The quantitative estimate of drug-likeness (QED) is 0.859. The number of carbonyl (C=O) groups is 2. The lowest BCUT2D eigenvalue weighted by Gasteiger charge is -2.17. The Morgan fingerprint density at radius 1 is 1.14 bits per heavy atom. The predicted octanol–water partition coefficient (Wildman–Crippen LogP) is 2.23. The molecular weight excluding hydrogens is 284 g/mol. The second-order valence-electron chi connectivity index (χ2n) is 4.59. The summed E-state index contributed by atoms with van der Waals surface area (Å²) in [7, 11) is 0. The topological polar surface area (TPSA) is 58.2 Å². The van der Waals surface area contributed by atoms with Crippen LogP contribution in [0.25, 0.3) is 0 Å². The van der Waals surface area contributed by atoms with Crippen LogP contribution in [0, 0.1) is 0 Å². The minimum Gasteiger partial charge on any atom is -0.355 e. The second-order valence-corrected chi connectivity index (χ2v) is 5.54. The van der Waals surface area contributed by atoms with Gasteiger partial charge < -0.3 is 10.6 Å². The number of hydrogen-bond donors (Lipinski definition) is 2. The largest absolute Gasteiger partial charge is 0.355 e. The van der Waals surface area contributed by atoms with Crippen LogP contribution in [0.4, 0.5) is 0 Å². The van der Waals surface area contributed by atoms with Gasteiger partial charge in [-0.1, -0.05) is 36.4 Å². The fourth-order valence-corrected chi connectivity index (χ4v) is 2.62. The fourth-order valence-electron chi connectivity index (χ4n) is 1.99. The van der Waals surface area contributed by atoms with Crippen molar-refractivity contribution >= 4 is 23.2 Å². The Labute approximate surface area is 128 Å². The summed E-state index contributed by atoms with van der Waals surface area (Å²) < 4.78 is 0. The Kier molecular flexibility index (Phi) is 5.51. The first-order valence-electron chi connectivity index (χ1n) is 6.86. The number of nitrogens with one attached hydrogen (secondary N) is 2. The summed E-state index contributed by atoms with van der Waals surface area (Å²) in [5.41, 5.74) is 1.01. The van der Waals surface area contributed by atoms with Crippen molar-refractivity contribution < 1.29 is 9.59 Å². The van der Waals surface area contributed by atoms with Crippen LogP contribution in [0.15, 0.2) is 47.8 Å². The van der Waals surface area contributed by atoms with Gasteiger partial charge in [-0.15, -0.1) is 11.3 Å². The highest BCUT2D eigenvalue weighted by molar-refractivity contribution is 7.12. The Balaban J connectivity index is 2.08. The van der Waals surface area contributed by atoms with Crippen molar-refractivity contribution in [2.45, 2.75) is 19.4 Å². The van der Waals surface area contributed by atoms with E-state index in [4.69, 9.17) is 0 Å². The maximum atomic E-state index is 12.1. The summed E-state index contributed by atoms with van der Waals surface area (Å²) in [6.45, 7) is 2.40. The number of hydrogen-bond acceptors (Lipinski definition) is 3. The minimum absolute atomic E-state index is 0.161. The number of amides is 2. The zero-order valence-corrected chi connectivity index (χ0v) is 12.7. The van der Waals surface area contributed by atoms with E-state index in [1.165, 1.54) is 11.3 Å². The van der Waals surface area contributed by atoms with Crippen LogP contribution >= 0.6 is 11.3 Å². The molecule has 0 fully saturated rings. The Hall–Kier alpha value is -2.14. The molecule has 0 unspecified atom stereocenters. The Morgan fingerprint density at radius 3 is 2.52 bits per heavy atom. The SMILES string of the molecule is CCNC(=O)[C@H](Cc1ccccc1)NC(=O)c1cccs1. The smallest absolute Gasteiger partial charge is 0.262 e. The standard InChI is InChI=1S/C16H18N2O2S/c1-2-17-15(19)13(11-12-7-4-3-5-8-12)18-16(20)14-9-6-10-21-14/h3-10,13H,2,11H2,1H3,(H,17,19)(H,18,20)/t13-/m0/s1. The molecule has 21 heavy (non-hydrogen) atoms. The summed E-state index contributed by atoms with van der Waals surface area (Å²) in [6.07, 6.45) is 0.476. The van der Waals surface area contributed by atoms with E-state index < -0.39 is 6.04 Å². The summed E-state index contributed by atoms with van der Waals surface area (Å²) in [4.78, 5) is 24.9. The van der Waals surface area contributed by atoms with Crippen LogP contribution < -0.4 is 10.6 Å². The molecule has 1 aromatic carbocycles. The molecule has 110 valence electrons. The molecule has 5 heteroatoms. The third-order valence-electron chi connectivity index (χ3n) is 3.00. The summed E-state index contributed by atoms with van der Waals surface area (Å²) in [6, 6.07) is 12.7. The molecule has 0 bridgehead atoms.